The van der Waals surface area contributed by atoms with Crippen LogP contribution in [0.15, 0.2) is 70.0 Å². The van der Waals surface area contributed by atoms with Crippen molar-refractivity contribution in [2.75, 3.05) is 5.32 Å². The fourth-order valence-electron chi connectivity index (χ4n) is 3.25. The maximum atomic E-state index is 12.6. The number of anilines is 1. The Morgan fingerprint density at radius 3 is 2.55 bits per heavy atom. The molecule has 1 aliphatic heterocycles. The number of benzene rings is 3. The number of amides is 1. The van der Waals surface area contributed by atoms with Crippen molar-refractivity contribution in [2.45, 2.75) is 25.4 Å². The predicted molar refractivity (Wildman–Crippen MR) is 142 cm³/mol. The molecule has 3 aromatic rings. The molecule has 0 aromatic heterocycles. The highest BCUT2D eigenvalue weighted by molar-refractivity contribution is 9.10. The van der Waals surface area contributed by atoms with E-state index >= 15 is 0 Å². The van der Waals surface area contributed by atoms with Gasteiger partial charge in [-0.25, -0.2) is 0 Å². The minimum atomic E-state index is -0.246. The van der Waals surface area contributed by atoms with Crippen LogP contribution in [0, 0.1) is 0 Å². The highest BCUT2D eigenvalue weighted by Crippen LogP contribution is 2.34. The molecular formula is C25H21BrCl2N2O2S. The molecule has 1 fully saturated rings. The summed E-state index contributed by atoms with van der Waals surface area (Å²) in [5.74, 6) is 0.537. The summed E-state index contributed by atoms with van der Waals surface area (Å²) in [6, 6.07) is 19.3. The molecule has 1 atom stereocenters. The molecule has 4 nitrogen and oxygen atoms in total. The van der Waals surface area contributed by atoms with Crippen molar-refractivity contribution >= 4 is 68.6 Å². The third-order valence-electron chi connectivity index (χ3n) is 5.03. The molecule has 1 aliphatic rings. The van der Waals surface area contributed by atoms with E-state index in [0.717, 1.165) is 27.7 Å². The second kappa shape index (κ2) is 10.9. The molecule has 1 amide bonds. The number of halogens is 3. The molecule has 0 radical (unpaired) electrons. The van der Waals surface area contributed by atoms with Crippen LogP contribution >= 0.6 is 50.9 Å². The minimum Gasteiger partial charge on any atom is -0.488 e. The highest BCUT2D eigenvalue weighted by Gasteiger charge is 2.27. The van der Waals surface area contributed by atoms with Crippen LogP contribution in [0.2, 0.25) is 10.0 Å². The van der Waals surface area contributed by atoms with Crippen LogP contribution in [0.1, 0.15) is 23.6 Å². The van der Waals surface area contributed by atoms with Gasteiger partial charge < -0.3 is 15.4 Å². The lowest BCUT2D eigenvalue weighted by Gasteiger charge is -2.13. The molecular weight excluding hydrogens is 543 g/mol. The highest BCUT2D eigenvalue weighted by atomic mass is 79.9. The second-order valence-electron chi connectivity index (χ2n) is 7.39. The number of aryl methyl sites for hydroxylation is 1. The van der Waals surface area contributed by atoms with Crippen LogP contribution in [0.4, 0.5) is 5.69 Å². The molecule has 0 unspecified atom stereocenters. The number of thioether (sulfide) groups is 1. The summed E-state index contributed by atoms with van der Waals surface area (Å²) in [4.78, 5) is 13.2. The average Bonchev–Trinajstić information content (AvgIpc) is 3.14. The van der Waals surface area contributed by atoms with Gasteiger partial charge in [-0.2, -0.15) is 0 Å². The number of nitrogens with one attached hydrogen (secondary N) is 2. The lowest BCUT2D eigenvalue weighted by atomic mass is 10.1. The Labute approximate surface area is 215 Å². The molecule has 1 heterocycles. The fraction of sp³-hybridized carbons (Fsp3) is 0.160. The molecule has 33 heavy (non-hydrogen) atoms. The third kappa shape index (κ3) is 6.27. The zero-order valence-electron chi connectivity index (χ0n) is 17.7. The molecule has 0 spiro atoms. The summed E-state index contributed by atoms with van der Waals surface area (Å²) in [7, 11) is 0. The van der Waals surface area contributed by atoms with E-state index in [1.54, 1.807) is 12.1 Å². The SMILES string of the molecule is CCc1ccc(N[C@H]2NC(=O)/C(=C/c3cc(Br)ccc3OCc3ccc(Cl)c(Cl)c3)S2)cc1. The summed E-state index contributed by atoms with van der Waals surface area (Å²) >= 11 is 17.0. The van der Waals surface area contributed by atoms with Gasteiger partial charge >= 0.3 is 0 Å². The summed E-state index contributed by atoms with van der Waals surface area (Å²) in [6.45, 7) is 2.45. The number of rotatable bonds is 7. The molecule has 4 rings (SSSR count). The van der Waals surface area contributed by atoms with Gasteiger partial charge in [0.2, 0.25) is 0 Å². The van der Waals surface area contributed by atoms with Crippen molar-refractivity contribution in [2.24, 2.45) is 0 Å². The number of hydrogen-bond donors (Lipinski definition) is 2. The quantitative estimate of drug-likeness (QED) is 0.292. The van der Waals surface area contributed by atoms with E-state index in [4.69, 9.17) is 27.9 Å². The van der Waals surface area contributed by atoms with Gasteiger partial charge in [-0.3, -0.25) is 4.79 Å². The first-order valence-corrected chi connectivity index (χ1v) is 12.7. The number of carbonyl (C=O) groups is 1. The molecule has 170 valence electrons. The van der Waals surface area contributed by atoms with Crippen LogP contribution in [0.25, 0.3) is 6.08 Å². The lowest BCUT2D eigenvalue weighted by molar-refractivity contribution is -0.116. The van der Waals surface area contributed by atoms with Gasteiger partial charge in [0.05, 0.1) is 15.0 Å². The first-order valence-electron chi connectivity index (χ1n) is 10.3. The minimum absolute atomic E-state index is 0.127. The Bertz CT molecular complexity index is 1200. The second-order valence-corrected chi connectivity index (χ2v) is 10.3. The van der Waals surface area contributed by atoms with E-state index in [0.29, 0.717) is 27.3 Å². The van der Waals surface area contributed by atoms with Gasteiger partial charge in [-0.1, -0.05) is 76.0 Å². The molecule has 0 saturated carbocycles. The Morgan fingerprint density at radius 2 is 1.82 bits per heavy atom. The summed E-state index contributed by atoms with van der Waals surface area (Å²) < 4.78 is 6.93. The van der Waals surface area contributed by atoms with Crippen LogP contribution < -0.4 is 15.4 Å². The van der Waals surface area contributed by atoms with Gasteiger partial charge in [0.1, 0.15) is 12.4 Å². The van der Waals surface area contributed by atoms with Crippen molar-refractivity contribution < 1.29 is 9.53 Å². The molecule has 1 saturated heterocycles. The summed E-state index contributed by atoms with van der Waals surface area (Å²) in [5.41, 5.74) is 3.68. The van der Waals surface area contributed by atoms with E-state index in [-0.39, 0.29) is 11.4 Å². The monoisotopic (exact) mass is 562 g/mol. The van der Waals surface area contributed by atoms with Gasteiger partial charge in [0.25, 0.3) is 5.91 Å². The Kier molecular flexibility index (Phi) is 7.91. The average molecular weight is 564 g/mol. The standard InChI is InChI=1S/C25H21BrCl2N2O2S/c1-2-15-3-7-19(8-4-15)29-25-30-24(31)23(33-25)13-17-12-18(26)6-10-22(17)32-14-16-5-9-20(27)21(28)11-16/h3-13,25,29H,2,14H2,1H3,(H,30,31)/b23-13-/t25-/m0/s1. The number of hydrogen-bond acceptors (Lipinski definition) is 4. The maximum Gasteiger partial charge on any atom is 0.260 e. The van der Waals surface area contributed by atoms with Crippen molar-refractivity contribution in [1.82, 2.24) is 5.32 Å². The zero-order chi connectivity index (χ0) is 23.4. The van der Waals surface area contributed by atoms with Crippen molar-refractivity contribution in [3.05, 3.63) is 96.8 Å². The summed E-state index contributed by atoms with van der Waals surface area (Å²) in [5, 5.41) is 7.30. The Hall–Kier alpha value is -2.12. The van der Waals surface area contributed by atoms with E-state index in [1.807, 2.05) is 42.5 Å². The van der Waals surface area contributed by atoms with Crippen LogP contribution in [-0.4, -0.2) is 11.4 Å². The Balaban J connectivity index is 1.48. The van der Waals surface area contributed by atoms with E-state index in [9.17, 15) is 4.79 Å². The van der Waals surface area contributed by atoms with Crippen molar-refractivity contribution in [1.29, 1.82) is 0 Å². The smallest absolute Gasteiger partial charge is 0.260 e. The maximum absolute atomic E-state index is 12.6. The molecule has 0 bridgehead atoms. The molecule has 3 aromatic carbocycles. The van der Waals surface area contributed by atoms with Gasteiger partial charge in [-0.05, 0) is 66.1 Å². The van der Waals surface area contributed by atoms with Crippen LogP contribution in [-0.2, 0) is 17.8 Å². The normalized spacial score (nSPS) is 16.7. The first kappa shape index (κ1) is 24.0. The van der Waals surface area contributed by atoms with Crippen molar-refractivity contribution in [3.63, 3.8) is 0 Å². The molecule has 0 aliphatic carbocycles. The third-order valence-corrected chi connectivity index (χ3v) is 7.29. The lowest BCUT2D eigenvalue weighted by Crippen LogP contribution is -2.30. The van der Waals surface area contributed by atoms with Crippen LogP contribution in [0.5, 0.6) is 5.75 Å². The molecule has 8 heteroatoms. The Morgan fingerprint density at radius 1 is 1.06 bits per heavy atom. The predicted octanol–water partition coefficient (Wildman–Crippen LogP) is 7.50. The van der Waals surface area contributed by atoms with E-state index in [1.165, 1.54) is 17.3 Å². The van der Waals surface area contributed by atoms with Crippen LogP contribution in [0.3, 0.4) is 0 Å². The van der Waals surface area contributed by atoms with E-state index < -0.39 is 0 Å². The topological polar surface area (TPSA) is 50.4 Å². The van der Waals surface area contributed by atoms with Crippen molar-refractivity contribution in [3.8, 4) is 5.75 Å². The zero-order valence-corrected chi connectivity index (χ0v) is 21.6. The van der Waals surface area contributed by atoms with Gasteiger partial charge in [0, 0.05) is 15.7 Å². The first-order chi connectivity index (χ1) is 15.9. The molecule has 2 N–H and O–H groups in total. The fourth-order valence-corrected chi connectivity index (χ4v) is 4.92. The van der Waals surface area contributed by atoms with Gasteiger partial charge in [-0.15, -0.1) is 0 Å². The number of ether oxygens (including phenoxy) is 1. The summed E-state index contributed by atoms with van der Waals surface area (Å²) in [6.07, 6.45) is 2.83. The largest absolute Gasteiger partial charge is 0.488 e. The van der Waals surface area contributed by atoms with E-state index in [2.05, 4.69) is 45.6 Å². The van der Waals surface area contributed by atoms with Gasteiger partial charge in [0.15, 0.2) is 5.50 Å². The number of carbonyl (C=O) groups excluding carboxylic acids is 1.